The van der Waals surface area contributed by atoms with Gasteiger partial charge in [0.1, 0.15) is 0 Å². The van der Waals surface area contributed by atoms with Crippen molar-refractivity contribution in [2.24, 2.45) is 35.5 Å². The fourth-order valence-corrected chi connectivity index (χ4v) is 6.57. The predicted octanol–water partition coefficient (Wildman–Crippen LogP) is 6.46. The second-order valence-corrected chi connectivity index (χ2v) is 9.84. The van der Waals surface area contributed by atoms with Crippen LogP contribution in [0.25, 0.3) is 0 Å². The lowest BCUT2D eigenvalue weighted by atomic mass is 9.55. The van der Waals surface area contributed by atoms with Crippen molar-refractivity contribution in [2.75, 3.05) is 0 Å². The Morgan fingerprint density at radius 2 is 1.78 bits per heavy atom. The SMILES string of the molecule is CCCCCC1CC(C)C2C(C1)OC(C)(C)C1CCC(C)CC21. The van der Waals surface area contributed by atoms with Crippen molar-refractivity contribution >= 4 is 0 Å². The number of rotatable bonds is 4. The number of hydrogen-bond acceptors (Lipinski definition) is 1. The lowest BCUT2D eigenvalue weighted by molar-refractivity contribution is -0.232. The van der Waals surface area contributed by atoms with Gasteiger partial charge in [0, 0.05) is 0 Å². The minimum atomic E-state index is 0.108. The number of ether oxygens (including phenoxy) is 1. The molecule has 1 aliphatic heterocycles. The summed E-state index contributed by atoms with van der Waals surface area (Å²) in [5.74, 6) is 5.30. The molecule has 0 aromatic rings. The lowest BCUT2D eigenvalue weighted by Crippen LogP contribution is -2.58. The van der Waals surface area contributed by atoms with Crippen LogP contribution in [0, 0.1) is 35.5 Å². The molecule has 3 rings (SSSR count). The predicted molar refractivity (Wildman–Crippen MR) is 98.5 cm³/mol. The summed E-state index contributed by atoms with van der Waals surface area (Å²) in [4.78, 5) is 0. The summed E-state index contributed by atoms with van der Waals surface area (Å²) in [5, 5.41) is 0. The summed E-state index contributed by atoms with van der Waals surface area (Å²) in [7, 11) is 0. The van der Waals surface area contributed by atoms with E-state index in [1.165, 1.54) is 57.8 Å². The Labute approximate surface area is 144 Å². The van der Waals surface area contributed by atoms with Gasteiger partial charge in [0.25, 0.3) is 0 Å². The molecule has 0 aromatic heterocycles. The van der Waals surface area contributed by atoms with Gasteiger partial charge in [0.05, 0.1) is 11.7 Å². The monoisotopic (exact) mass is 320 g/mol. The molecule has 0 N–H and O–H groups in total. The molecule has 0 radical (unpaired) electrons. The molecule has 0 aromatic carbocycles. The largest absolute Gasteiger partial charge is 0.372 e. The van der Waals surface area contributed by atoms with Crippen molar-refractivity contribution in [2.45, 2.75) is 104 Å². The Kier molecular flexibility index (Phi) is 5.46. The topological polar surface area (TPSA) is 9.23 Å². The quantitative estimate of drug-likeness (QED) is 0.540. The third kappa shape index (κ3) is 3.65. The first-order chi connectivity index (χ1) is 10.9. The molecule has 23 heavy (non-hydrogen) atoms. The zero-order valence-electron chi connectivity index (χ0n) is 16.3. The molecule has 2 saturated carbocycles. The maximum atomic E-state index is 6.79. The van der Waals surface area contributed by atoms with E-state index in [-0.39, 0.29) is 5.60 Å². The first kappa shape index (κ1) is 17.8. The minimum absolute atomic E-state index is 0.108. The molecule has 2 aliphatic carbocycles. The van der Waals surface area contributed by atoms with Gasteiger partial charge in [0.15, 0.2) is 0 Å². The highest BCUT2D eigenvalue weighted by atomic mass is 16.5. The summed E-state index contributed by atoms with van der Waals surface area (Å²) in [5.41, 5.74) is 0.108. The zero-order valence-corrected chi connectivity index (χ0v) is 16.3. The van der Waals surface area contributed by atoms with E-state index in [1.54, 1.807) is 0 Å². The van der Waals surface area contributed by atoms with Gasteiger partial charge >= 0.3 is 0 Å². The fourth-order valence-electron chi connectivity index (χ4n) is 6.57. The molecular formula is C22H40O. The average Bonchev–Trinajstić information content (AvgIpc) is 2.46. The van der Waals surface area contributed by atoms with Gasteiger partial charge in [-0.3, -0.25) is 0 Å². The normalized spacial score (nSPS) is 46.0. The number of unbranched alkanes of at least 4 members (excludes halogenated alkanes) is 2. The maximum absolute atomic E-state index is 6.79. The Hall–Kier alpha value is -0.0400. The summed E-state index contributed by atoms with van der Waals surface area (Å²) in [6.45, 7) is 12.1. The first-order valence-electron chi connectivity index (χ1n) is 10.6. The van der Waals surface area contributed by atoms with Gasteiger partial charge in [-0.05, 0) is 75.0 Å². The molecule has 3 fully saturated rings. The molecule has 1 saturated heterocycles. The van der Waals surface area contributed by atoms with Gasteiger partial charge in [-0.25, -0.2) is 0 Å². The number of fused-ring (bicyclic) bond motifs is 3. The average molecular weight is 321 g/mol. The van der Waals surface area contributed by atoms with E-state index in [4.69, 9.17) is 4.74 Å². The van der Waals surface area contributed by atoms with E-state index in [1.807, 2.05) is 0 Å². The van der Waals surface area contributed by atoms with Crippen LogP contribution in [0.5, 0.6) is 0 Å². The second kappa shape index (κ2) is 7.06. The maximum Gasteiger partial charge on any atom is 0.0661 e. The van der Waals surface area contributed by atoms with Crippen LogP contribution in [0.2, 0.25) is 0 Å². The van der Waals surface area contributed by atoms with E-state index < -0.39 is 0 Å². The van der Waals surface area contributed by atoms with Gasteiger partial charge in [0.2, 0.25) is 0 Å². The van der Waals surface area contributed by atoms with Crippen LogP contribution in [0.1, 0.15) is 92.4 Å². The Morgan fingerprint density at radius 3 is 2.52 bits per heavy atom. The van der Waals surface area contributed by atoms with Crippen molar-refractivity contribution in [1.29, 1.82) is 0 Å². The van der Waals surface area contributed by atoms with Crippen LogP contribution < -0.4 is 0 Å². The van der Waals surface area contributed by atoms with Crippen molar-refractivity contribution in [3.63, 3.8) is 0 Å². The molecule has 0 spiro atoms. The van der Waals surface area contributed by atoms with E-state index in [9.17, 15) is 0 Å². The highest BCUT2D eigenvalue weighted by Crippen LogP contribution is 2.56. The lowest BCUT2D eigenvalue weighted by Gasteiger charge is -2.58. The van der Waals surface area contributed by atoms with Crippen molar-refractivity contribution in [3.8, 4) is 0 Å². The summed E-state index contributed by atoms with van der Waals surface area (Å²) >= 11 is 0. The Bertz CT molecular complexity index is 387. The van der Waals surface area contributed by atoms with Crippen LogP contribution in [-0.2, 0) is 4.74 Å². The van der Waals surface area contributed by atoms with Gasteiger partial charge in [-0.2, -0.15) is 0 Å². The molecule has 7 atom stereocenters. The van der Waals surface area contributed by atoms with Crippen LogP contribution in [-0.4, -0.2) is 11.7 Å². The minimum Gasteiger partial charge on any atom is -0.372 e. The van der Waals surface area contributed by atoms with Crippen molar-refractivity contribution < 1.29 is 4.74 Å². The van der Waals surface area contributed by atoms with Crippen LogP contribution in [0.15, 0.2) is 0 Å². The Morgan fingerprint density at radius 1 is 1.00 bits per heavy atom. The van der Waals surface area contributed by atoms with Crippen LogP contribution in [0.4, 0.5) is 0 Å². The molecule has 0 bridgehead atoms. The summed E-state index contributed by atoms with van der Waals surface area (Å²) in [6, 6.07) is 0. The van der Waals surface area contributed by atoms with Gasteiger partial charge in [-0.1, -0.05) is 52.9 Å². The zero-order chi connectivity index (χ0) is 16.6. The molecule has 0 amide bonds. The highest BCUT2D eigenvalue weighted by Gasteiger charge is 2.54. The first-order valence-corrected chi connectivity index (χ1v) is 10.6. The smallest absolute Gasteiger partial charge is 0.0661 e. The highest BCUT2D eigenvalue weighted by molar-refractivity contribution is 5.02. The van der Waals surface area contributed by atoms with Crippen LogP contribution in [0.3, 0.4) is 0 Å². The molecule has 7 unspecified atom stereocenters. The van der Waals surface area contributed by atoms with Gasteiger partial charge in [-0.15, -0.1) is 0 Å². The molecule has 3 aliphatic rings. The number of hydrogen-bond donors (Lipinski definition) is 0. The molecular weight excluding hydrogens is 280 g/mol. The van der Waals surface area contributed by atoms with Crippen molar-refractivity contribution in [1.82, 2.24) is 0 Å². The van der Waals surface area contributed by atoms with Crippen LogP contribution >= 0.6 is 0 Å². The van der Waals surface area contributed by atoms with Crippen molar-refractivity contribution in [3.05, 3.63) is 0 Å². The third-order valence-electron chi connectivity index (χ3n) is 7.58. The van der Waals surface area contributed by atoms with E-state index in [0.29, 0.717) is 6.10 Å². The summed E-state index contributed by atoms with van der Waals surface area (Å²) in [6.07, 6.45) is 13.3. The molecule has 1 heteroatoms. The fraction of sp³-hybridized carbons (Fsp3) is 1.00. The summed E-state index contributed by atoms with van der Waals surface area (Å²) < 4.78 is 6.79. The van der Waals surface area contributed by atoms with E-state index in [2.05, 4.69) is 34.6 Å². The molecule has 1 heterocycles. The van der Waals surface area contributed by atoms with E-state index in [0.717, 1.165) is 35.5 Å². The molecule has 134 valence electrons. The van der Waals surface area contributed by atoms with E-state index >= 15 is 0 Å². The molecule has 1 nitrogen and oxygen atoms in total. The van der Waals surface area contributed by atoms with Gasteiger partial charge < -0.3 is 4.74 Å². The second-order valence-electron chi connectivity index (χ2n) is 9.84. The Balaban J connectivity index is 1.72. The standard InChI is InChI=1S/C22H40O/c1-6-7-8-9-17-13-16(3)21-18-12-15(2)10-11-19(18)22(4,5)23-20(21)14-17/h15-21H,6-14H2,1-5H3. The third-order valence-corrected chi connectivity index (χ3v) is 7.58.